The second-order valence-electron chi connectivity index (χ2n) is 13.9. The number of likely N-dealkylation sites (tertiary alicyclic amines) is 2. The minimum absolute atomic E-state index is 0.0463. The van der Waals surface area contributed by atoms with Gasteiger partial charge in [0.05, 0.1) is 48.7 Å². The minimum Gasteiger partial charge on any atom is -0.381 e. The topological polar surface area (TPSA) is 130 Å². The lowest BCUT2D eigenvalue weighted by Gasteiger charge is -2.53. The summed E-state index contributed by atoms with van der Waals surface area (Å²) in [5.41, 5.74) is 5.34. The maximum Gasteiger partial charge on any atom is 0.259 e. The van der Waals surface area contributed by atoms with E-state index in [0.717, 1.165) is 55.4 Å². The molecule has 1 aliphatic carbocycles. The van der Waals surface area contributed by atoms with Gasteiger partial charge in [-0.25, -0.2) is 18.3 Å². The van der Waals surface area contributed by atoms with E-state index in [2.05, 4.69) is 25.6 Å². The van der Waals surface area contributed by atoms with Crippen molar-refractivity contribution in [1.82, 2.24) is 35.0 Å². The molecule has 248 valence electrons. The average molecular weight is 631 g/mol. The van der Waals surface area contributed by atoms with Crippen molar-refractivity contribution in [1.29, 1.82) is 0 Å². The number of hydrogen-bond donors (Lipinski definition) is 3. The smallest absolute Gasteiger partial charge is 0.259 e. The summed E-state index contributed by atoms with van der Waals surface area (Å²) in [5.74, 6) is -1.15. The van der Waals surface area contributed by atoms with Crippen LogP contribution in [0.4, 0.5) is 14.6 Å². The Morgan fingerprint density at radius 2 is 1.73 bits per heavy atom. The van der Waals surface area contributed by atoms with Gasteiger partial charge in [0.25, 0.3) is 5.91 Å². The van der Waals surface area contributed by atoms with E-state index < -0.39 is 35.5 Å². The fourth-order valence-electron chi connectivity index (χ4n) is 8.12. The number of ether oxygens (including phenoxy) is 1. The van der Waals surface area contributed by atoms with E-state index >= 15 is 4.39 Å². The Morgan fingerprint density at radius 1 is 1.09 bits per heavy atom. The van der Waals surface area contributed by atoms with Crippen LogP contribution < -0.4 is 16.4 Å². The zero-order chi connectivity index (χ0) is 31.8. The third-order valence-corrected chi connectivity index (χ3v) is 10.8. The molecular weight excluding hydrogens is 582 g/mol. The second kappa shape index (κ2) is 13.1. The van der Waals surface area contributed by atoms with Crippen LogP contribution in [0.5, 0.6) is 0 Å². The van der Waals surface area contributed by atoms with E-state index in [-0.39, 0.29) is 34.5 Å². The van der Waals surface area contributed by atoms with Gasteiger partial charge < -0.3 is 26.0 Å². The van der Waals surface area contributed by atoms with Crippen molar-refractivity contribution in [3.63, 3.8) is 0 Å². The summed E-state index contributed by atoms with van der Waals surface area (Å²) in [6.45, 7) is 4.73. The normalized spacial score (nSPS) is 28.1. The number of nitrogen functional groups attached to an aromatic ring is 1. The highest BCUT2D eigenvalue weighted by Gasteiger charge is 2.52. The van der Waals surface area contributed by atoms with Gasteiger partial charge in [-0.3, -0.25) is 14.5 Å². The molecule has 4 aliphatic rings. The van der Waals surface area contributed by atoms with Crippen LogP contribution in [0.25, 0.3) is 5.65 Å². The van der Waals surface area contributed by atoms with Crippen molar-refractivity contribution in [2.45, 2.75) is 107 Å². The first-order chi connectivity index (χ1) is 21.6. The molecule has 1 spiro atoms. The number of methoxy groups -OCH3 is 1. The minimum atomic E-state index is -1.23. The van der Waals surface area contributed by atoms with Crippen LogP contribution in [0.15, 0.2) is 12.4 Å². The van der Waals surface area contributed by atoms with E-state index in [0.29, 0.717) is 45.6 Å². The molecule has 13 heteroatoms. The number of halogens is 2. The molecule has 0 bridgehead atoms. The lowest BCUT2D eigenvalue weighted by Crippen LogP contribution is -2.73. The number of alkyl halides is 1. The zero-order valence-electron chi connectivity index (χ0n) is 26.6. The SMILES string of the molecule is COC1(C)CN(C(=O)C2CCN(C3C(NC(=O)c4c(N)nn5cc(F)cnc45)CNC4(CCCCCCCCC4)C3F)CC2)C1. The summed E-state index contributed by atoms with van der Waals surface area (Å²) >= 11 is 0. The highest BCUT2D eigenvalue weighted by Crippen LogP contribution is 2.38. The standard InChI is InChI=1S/C32H48F2N8O3/c1-31(45-2)19-41(20-31)30(44)21-10-14-40(15-11-21)25-23(17-37-32(26(25)34)12-8-6-4-3-5-7-9-13-32)38-29(43)24-27(35)39-42-18-22(33)16-36-28(24)42/h16,18,21,23,25-26,37H,3-15,17,19-20H2,1-2H3,(H2,35,39)(H,38,43). The van der Waals surface area contributed by atoms with Gasteiger partial charge in [-0.05, 0) is 45.7 Å². The predicted molar refractivity (Wildman–Crippen MR) is 166 cm³/mol. The molecule has 4 fully saturated rings. The Hall–Kier alpha value is -2.90. The summed E-state index contributed by atoms with van der Waals surface area (Å²) in [4.78, 5) is 35.0. The molecule has 2 aromatic heterocycles. The Balaban J connectivity index is 1.21. The number of rotatable bonds is 5. The van der Waals surface area contributed by atoms with Crippen molar-refractivity contribution < 1.29 is 23.1 Å². The third kappa shape index (κ3) is 6.40. The number of piperidine rings is 2. The zero-order valence-corrected chi connectivity index (χ0v) is 26.6. The Morgan fingerprint density at radius 3 is 2.38 bits per heavy atom. The van der Waals surface area contributed by atoms with Crippen LogP contribution in [0.1, 0.15) is 87.9 Å². The van der Waals surface area contributed by atoms with Crippen LogP contribution in [0.2, 0.25) is 0 Å². The molecule has 45 heavy (non-hydrogen) atoms. The van der Waals surface area contributed by atoms with E-state index in [1.807, 2.05) is 11.8 Å². The number of nitrogens with zero attached hydrogens (tertiary/aromatic N) is 5. The van der Waals surface area contributed by atoms with Crippen LogP contribution >= 0.6 is 0 Å². The molecule has 11 nitrogen and oxygen atoms in total. The first-order valence-corrected chi connectivity index (χ1v) is 16.7. The third-order valence-electron chi connectivity index (χ3n) is 10.8. The number of carbonyl (C=O) groups is 2. The van der Waals surface area contributed by atoms with Crippen molar-refractivity contribution in [3.8, 4) is 0 Å². The molecule has 5 heterocycles. The van der Waals surface area contributed by atoms with E-state index in [9.17, 15) is 14.0 Å². The molecule has 4 N–H and O–H groups in total. The van der Waals surface area contributed by atoms with Crippen LogP contribution in [0, 0.1) is 11.7 Å². The molecule has 3 aliphatic heterocycles. The Bertz CT molecular complexity index is 1360. The molecule has 6 rings (SSSR count). The van der Waals surface area contributed by atoms with Gasteiger partial charge >= 0.3 is 0 Å². The number of nitrogens with one attached hydrogen (secondary N) is 2. The molecule has 1 saturated carbocycles. The molecule has 0 radical (unpaired) electrons. The Kier molecular flexibility index (Phi) is 9.31. The number of anilines is 1. The quantitative estimate of drug-likeness (QED) is 0.460. The fraction of sp³-hybridized carbons (Fsp3) is 0.750. The summed E-state index contributed by atoms with van der Waals surface area (Å²) in [5, 5.41) is 10.7. The Labute approximate surface area is 263 Å². The maximum absolute atomic E-state index is 17.3. The van der Waals surface area contributed by atoms with Crippen LogP contribution in [0.3, 0.4) is 0 Å². The largest absolute Gasteiger partial charge is 0.381 e. The highest BCUT2D eigenvalue weighted by atomic mass is 19.1. The number of fused-ring (bicyclic) bond motifs is 1. The van der Waals surface area contributed by atoms with Crippen molar-refractivity contribution in [2.24, 2.45) is 5.92 Å². The van der Waals surface area contributed by atoms with E-state index in [4.69, 9.17) is 10.5 Å². The van der Waals surface area contributed by atoms with Crippen molar-refractivity contribution in [3.05, 3.63) is 23.8 Å². The van der Waals surface area contributed by atoms with Gasteiger partial charge in [0, 0.05) is 19.6 Å². The number of aromatic nitrogens is 3. The van der Waals surface area contributed by atoms with Gasteiger partial charge in [0.2, 0.25) is 5.91 Å². The van der Waals surface area contributed by atoms with Gasteiger partial charge in [-0.1, -0.05) is 44.9 Å². The molecule has 2 aromatic rings. The lowest BCUT2D eigenvalue weighted by atomic mass is 9.73. The molecule has 2 amide bonds. The maximum atomic E-state index is 17.3. The monoisotopic (exact) mass is 630 g/mol. The molecule has 3 atom stereocenters. The number of hydrogen-bond acceptors (Lipinski definition) is 8. The second-order valence-corrected chi connectivity index (χ2v) is 13.9. The molecular formula is C32H48F2N8O3. The predicted octanol–water partition coefficient (Wildman–Crippen LogP) is 3.08. The van der Waals surface area contributed by atoms with Gasteiger partial charge in [-0.15, -0.1) is 5.10 Å². The van der Waals surface area contributed by atoms with Crippen molar-refractivity contribution in [2.75, 3.05) is 45.6 Å². The van der Waals surface area contributed by atoms with Gasteiger partial charge in [-0.2, -0.15) is 0 Å². The number of carbonyl (C=O) groups excluding carboxylic acids is 2. The molecule has 0 aromatic carbocycles. The first kappa shape index (κ1) is 32.1. The van der Waals surface area contributed by atoms with E-state index in [1.54, 1.807) is 7.11 Å². The summed E-state index contributed by atoms with van der Waals surface area (Å²) in [7, 11) is 1.67. The summed E-state index contributed by atoms with van der Waals surface area (Å²) in [6.07, 6.45) is 11.4. The first-order valence-electron chi connectivity index (χ1n) is 16.7. The fourth-order valence-corrected chi connectivity index (χ4v) is 8.12. The number of nitrogens with two attached hydrogens (primary N) is 1. The highest BCUT2D eigenvalue weighted by molar-refractivity contribution is 6.04. The van der Waals surface area contributed by atoms with E-state index in [1.165, 1.54) is 19.3 Å². The summed E-state index contributed by atoms with van der Waals surface area (Å²) in [6, 6.07) is -1.14. The van der Waals surface area contributed by atoms with Gasteiger partial charge in [0.15, 0.2) is 17.3 Å². The molecule has 3 saturated heterocycles. The molecule has 3 unspecified atom stereocenters. The van der Waals surface area contributed by atoms with Crippen molar-refractivity contribution >= 4 is 23.3 Å². The van der Waals surface area contributed by atoms with Gasteiger partial charge in [0.1, 0.15) is 11.7 Å². The lowest BCUT2D eigenvalue weighted by molar-refractivity contribution is -0.163. The number of amides is 2. The summed E-state index contributed by atoms with van der Waals surface area (Å²) < 4.78 is 37.7. The van der Waals surface area contributed by atoms with Crippen LogP contribution in [-0.2, 0) is 9.53 Å². The average Bonchev–Trinajstić information content (AvgIpc) is 3.35. The van der Waals surface area contributed by atoms with Crippen LogP contribution in [-0.4, -0.2) is 105 Å².